The fraction of sp³-hybridized carbons (Fsp3) is 0.613. The molecule has 232 valence electrons. The van der Waals surface area contributed by atoms with Crippen LogP contribution in [0.3, 0.4) is 0 Å². The van der Waals surface area contributed by atoms with Crippen molar-refractivity contribution >= 4 is 34.8 Å². The molecule has 0 spiro atoms. The molecule has 2 heterocycles. The maximum atomic E-state index is 13.5. The van der Waals surface area contributed by atoms with Crippen LogP contribution in [0.4, 0.5) is 4.79 Å². The first-order chi connectivity index (χ1) is 19.9. The van der Waals surface area contributed by atoms with Gasteiger partial charge in [0.25, 0.3) is 0 Å². The first-order valence-electron chi connectivity index (χ1n) is 14.8. The number of aromatic nitrogens is 1. The zero-order valence-electron chi connectivity index (χ0n) is 25.7. The summed E-state index contributed by atoms with van der Waals surface area (Å²) in [6.45, 7) is 10.3. The summed E-state index contributed by atoms with van der Waals surface area (Å²) >= 11 is 0. The third-order valence-corrected chi connectivity index (χ3v) is 7.40. The molecule has 0 saturated carbocycles. The number of nitrogens with one attached hydrogen (secondary N) is 3. The Hall–Kier alpha value is -3.60. The van der Waals surface area contributed by atoms with Gasteiger partial charge < -0.3 is 29.8 Å². The summed E-state index contributed by atoms with van der Waals surface area (Å²) < 4.78 is 16.3. The van der Waals surface area contributed by atoms with Crippen molar-refractivity contribution in [3.05, 3.63) is 36.0 Å². The van der Waals surface area contributed by atoms with Gasteiger partial charge in [-0.05, 0) is 57.6 Å². The van der Waals surface area contributed by atoms with Crippen molar-refractivity contribution in [3.8, 4) is 0 Å². The van der Waals surface area contributed by atoms with Crippen molar-refractivity contribution in [1.82, 2.24) is 20.5 Å². The molecule has 3 amide bonds. The maximum absolute atomic E-state index is 13.5. The number of ether oxygens (including phenoxy) is 3. The van der Waals surface area contributed by atoms with Gasteiger partial charge in [-0.15, -0.1) is 0 Å². The van der Waals surface area contributed by atoms with Gasteiger partial charge in [-0.1, -0.05) is 38.5 Å². The number of benzene rings is 1. The number of aromatic amines is 1. The first kappa shape index (κ1) is 32.9. The normalized spacial score (nSPS) is 17.7. The Kier molecular flexibility index (Phi) is 11.8. The minimum Gasteiger partial charge on any atom is -0.467 e. The van der Waals surface area contributed by atoms with Crippen molar-refractivity contribution in [3.63, 3.8) is 0 Å². The van der Waals surface area contributed by atoms with Crippen LogP contribution in [0.15, 0.2) is 30.5 Å². The van der Waals surface area contributed by atoms with E-state index in [9.17, 15) is 19.2 Å². The molecule has 1 aromatic carbocycles. The van der Waals surface area contributed by atoms with E-state index in [0.717, 1.165) is 16.5 Å². The average Bonchev–Trinajstić information content (AvgIpc) is 3.36. The predicted molar refractivity (Wildman–Crippen MR) is 158 cm³/mol. The zero-order chi connectivity index (χ0) is 30.9. The molecule has 1 aromatic heterocycles. The molecule has 1 saturated heterocycles. The quantitative estimate of drug-likeness (QED) is 0.319. The highest BCUT2D eigenvalue weighted by atomic mass is 16.6. The second kappa shape index (κ2) is 15.0. The lowest BCUT2D eigenvalue weighted by atomic mass is 9.98. The van der Waals surface area contributed by atoms with Crippen molar-refractivity contribution in [2.45, 2.75) is 97.1 Å². The van der Waals surface area contributed by atoms with E-state index in [4.69, 9.17) is 14.2 Å². The van der Waals surface area contributed by atoms with Crippen LogP contribution in [0.5, 0.6) is 0 Å². The van der Waals surface area contributed by atoms with Gasteiger partial charge in [-0.3, -0.25) is 14.5 Å². The third-order valence-electron chi connectivity index (χ3n) is 7.40. The van der Waals surface area contributed by atoms with Gasteiger partial charge in [0.2, 0.25) is 11.8 Å². The molecule has 4 atom stereocenters. The van der Waals surface area contributed by atoms with Crippen molar-refractivity contribution in [2.75, 3.05) is 20.3 Å². The molecule has 0 aliphatic carbocycles. The monoisotopic (exact) mass is 586 g/mol. The predicted octanol–water partition coefficient (Wildman–Crippen LogP) is 4.05. The molecule has 1 aliphatic rings. The number of amides is 3. The molecular weight excluding hydrogens is 540 g/mol. The highest BCUT2D eigenvalue weighted by Crippen LogP contribution is 2.21. The summed E-state index contributed by atoms with van der Waals surface area (Å²) in [4.78, 5) is 56.6. The van der Waals surface area contributed by atoms with E-state index < -0.39 is 41.9 Å². The fourth-order valence-corrected chi connectivity index (χ4v) is 4.94. The van der Waals surface area contributed by atoms with E-state index >= 15 is 0 Å². The first-order valence-corrected chi connectivity index (χ1v) is 14.8. The number of H-pyrrole nitrogens is 1. The number of para-hydroxylation sites is 1. The molecule has 0 radical (unpaired) electrons. The number of nitrogens with zero attached hydrogens (tertiary/aromatic N) is 1. The Morgan fingerprint density at radius 3 is 2.60 bits per heavy atom. The standard InChI is InChI=1S/C31H46N4O7/c1-7-20(2)27(29(38)40-6)34-28(37)24(18-21-19-32-23-13-9-8-12-22(21)23)33-25(36)14-10-15-26-35(16-11-17-41-26)30(39)42-31(3,4)5/h8-9,12-13,19-20,24,26-27,32H,7,10-11,14-18H2,1-6H3,(H,33,36)(H,34,37)/t20-,24-,26?,27-/m0/s1. The molecule has 3 N–H and O–H groups in total. The fourth-order valence-electron chi connectivity index (χ4n) is 4.94. The lowest BCUT2D eigenvalue weighted by Gasteiger charge is -2.36. The summed E-state index contributed by atoms with van der Waals surface area (Å²) in [5, 5.41) is 6.64. The molecule has 1 aliphatic heterocycles. The van der Waals surface area contributed by atoms with Crippen LogP contribution in [0, 0.1) is 5.92 Å². The minimum absolute atomic E-state index is 0.130. The van der Waals surface area contributed by atoms with Crippen LogP contribution in [0.1, 0.15) is 72.3 Å². The zero-order valence-corrected chi connectivity index (χ0v) is 25.7. The molecular formula is C31H46N4O7. The van der Waals surface area contributed by atoms with E-state index in [1.165, 1.54) is 7.11 Å². The van der Waals surface area contributed by atoms with Crippen LogP contribution < -0.4 is 10.6 Å². The van der Waals surface area contributed by atoms with Crippen LogP contribution >= 0.6 is 0 Å². The van der Waals surface area contributed by atoms with Gasteiger partial charge in [0.1, 0.15) is 23.9 Å². The summed E-state index contributed by atoms with van der Waals surface area (Å²) in [6.07, 6.45) is 3.53. The average molecular weight is 587 g/mol. The van der Waals surface area contributed by atoms with Crippen LogP contribution in [0.25, 0.3) is 10.9 Å². The van der Waals surface area contributed by atoms with Gasteiger partial charge in [-0.25, -0.2) is 9.59 Å². The molecule has 11 heteroatoms. The molecule has 42 heavy (non-hydrogen) atoms. The van der Waals surface area contributed by atoms with E-state index in [0.29, 0.717) is 38.8 Å². The van der Waals surface area contributed by atoms with Gasteiger partial charge in [0.05, 0.1) is 13.7 Å². The minimum atomic E-state index is -0.919. The number of methoxy groups -OCH3 is 1. The van der Waals surface area contributed by atoms with Gasteiger partial charge >= 0.3 is 12.1 Å². The molecule has 2 aromatic rings. The van der Waals surface area contributed by atoms with E-state index in [-0.39, 0.29) is 24.7 Å². The molecule has 11 nitrogen and oxygen atoms in total. The van der Waals surface area contributed by atoms with Crippen LogP contribution in [-0.2, 0) is 35.0 Å². The van der Waals surface area contributed by atoms with Crippen LogP contribution in [0.2, 0.25) is 0 Å². The van der Waals surface area contributed by atoms with E-state index in [1.54, 1.807) is 4.90 Å². The summed E-state index contributed by atoms with van der Waals surface area (Å²) in [5.41, 5.74) is 1.17. The largest absolute Gasteiger partial charge is 0.467 e. The second-order valence-electron chi connectivity index (χ2n) is 11.8. The van der Waals surface area contributed by atoms with Gasteiger partial charge in [0.15, 0.2) is 0 Å². The number of fused-ring (bicyclic) bond motifs is 1. The Bertz CT molecular complexity index is 1220. The van der Waals surface area contributed by atoms with Gasteiger partial charge in [0, 0.05) is 36.5 Å². The number of rotatable bonds is 12. The number of esters is 1. The van der Waals surface area contributed by atoms with E-state index in [2.05, 4.69) is 15.6 Å². The van der Waals surface area contributed by atoms with Crippen molar-refractivity contribution < 1.29 is 33.4 Å². The summed E-state index contributed by atoms with van der Waals surface area (Å²) in [6, 6.07) is 5.97. The second-order valence-corrected chi connectivity index (χ2v) is 11.8. The summed E-state index contributed by atoms with van der Waals surface area (Å²) in [7, 11) is 1.29. The molecule has 0 bridgehead atoms. The Morgan fingerprint density at radius 1 is 1.17 bits per heavy atom. The van der Waals surface area contributed by atoms with Crippen molar-refractivity contribution in [2.24, 2.45) is 5.92 Å². The van der Waals surface area contributed by atoms with Crippen molar-refractivity contribution in [1.29, 1.82) is 0 Å². The molecule has 1 fully saturated rings. The SMILES string of the molecule is CC[C@H](C)[C@H](NC(=O)[C@H](Cc1c[nH]c2ccccc12)NC(=O)CCCC1OCCCN1C(=O)OC(C)(C)C)C(=O)OC. The number of hydrogen-bond acceptors (Lipinski definition) is 7. The van der Waals surface area contributed by atoms with Crippen LogP contribution in [-0.4, -0.2) is 77.9 Å². The van der Waals surface area contributed by atoms with Gasteiger partial charge in [-0.2, -0.15) is 0 Å². The number of hydrogen-bond donors (Lipinski definition) is 3. The number of carbonyl (C=O) groups excluding carboxylic acids is 4. The Labute approximate surface area is 248 Å². The lowest BCUT2D eigenvalue weighted by molar-refractivity contribution is -0.147. The highest BCUT2D eigenvalue weighted by molar-refractivity contribution is 5.92. The number of carbonyl (C=O) groups is 4. The third kappa shape index (κ3) is 9.20. The summed E-state index contributed by atoms with van der Waals surface area (Å²) in [5.74, 6) is -1.46. The molecule has 1 unspecified atom stereocenters. The highest BCUT2D eigenvalue weighted by Gasteiger charge is 2.33. The Balaban J connectivity index is 1.68. The Morgan fingerprint density at radius 2 is 1.90 bits per heavy atom. The van der Waals surface area contributed by atoms with E-state index in [1.807, 2.05) is 65.1 Å². The topological polar surface area (TPSA) is 139 Å². The maximum Gasteiger partial charge on any atom is 0.412 e. The lowest BCUT2D eigenvalue weighted by Crippen LogP contribution is -2.54. The molecule has 3 rings (SSSR count). The smallest absolute Gasteiger partial charge is 0.412 e.